The molecule has 6 nitrogen and oxygen atoms in total. The first-order chi connectivity index (χ1) is 17.2. The molecule has 0 atom stereocenters. The van der Waals surface area contributed by atoms with Crippen LogP contribution in [0.5, 0.6) is 0 Å². The molecule has 6 heteroatoms. The summed E-state index contributed by atoms with van der Waals surface area (Å²) in [6.45, 7) is 5.98. The largest absolute Gasteiger partial charge is 0.383 e. The highest BCUT2D eigenvalue weighted by atomic mass is 16.5. The highest BCUT2D eigenvalue weighted by molar-refractivity contribution is 5.95. The zero-order valence-electron chi connectivity index (χ0n) is 19.9. The first-order valence-electron chi connectivity index (χ1n) is 12.0. The fraction of sp³-hybridized carbons (Fsp3) is 0.241. The number of ether oxygens (including phenoxy) is 1. The smallest absolute Gasteiger partial charge is 0.0991 e. The van der Waals surface area contributed by atoms with Gasteiger partial charge in [-0.05, 0) is 65.7 Å². The van der Waals surface area contributed by atoms with Crippen LogP contribution in [0.2, 0.25) is 0 Å². The van der Waals surface area contributed by atoms with Gasteiger partial charge in [0.1, 0.15) is 0 Å². The molecule has 1 aliphatic heterocycles. The molecule has 1 fully saturated rings. The number of nitrogens with one attached hydrogen (secondary N) is 1. The van der Waals surface area contributed by atoms with Gasteiger partial charge >= 0.3 is 0 Å². The van der Waals surface area contributed by atoms with E-state index in [-0.39, 0.29) is 0 Å². The molecule has 4 aromatic rings. The van der Waals surface area contributed by atoms with Crippen molar-refractivity contribution in [1.82, 2.24) is 9.88 Å². The number of nitriles is 1. The Hall–Kier alpha value is -3.92. The Balaban J connectivity index is 1.31. The van der Waals surface area contributed by atoms with Gasteiger partial charge in [0.2, 0.25) is 0 Å². The molecule has 1 aliphatic rings. The lowest BCUT2D eigenvalue weighted by Crippen LogP contribution is -2.47. The van der Waals surface area contributed by atoms with Crippen molar-refractivity contribution >= 4 is 28.0 Å². The Morgan fingerprint density at radius 3 is 2.37 bits per heavy atom. The minimum absolute atomic E-state index is 0.662. The zero-order valence-corrected chi connectivity index (χ0v) is 19.9. The molecule has 35 heavy (non-hydrogen) atoms. The van der Waals surface area contributed by atoms with Crippen LogP contribution < -0.4 is 10.2 Å². The van der Waals surface area contributed by atoms with Crippen molar-refractivity contribution in [1.29, 1.82) is 5.26 Å². The average Bonchev–Trinajstić information content (AvgIpc) is 2.93. The van der Waals surface area contributed by atoms with Gasteiger partial charge in [-0.15, -0.1) is 0 Å². The van der Waals surface area contributed by atoms with Crippen LogP contribution in [0, 0.1) is 11.3 Å². The van der Waals surface area contributed by atoms with Gasteiger partial charge in [-0.1, -0.05) is 18.2 Å². The molecule has 0 spiro atoms. The fourth-order valence-corrected chi connectivity index (χ4v) is 4.53. The van der Waals surface area contributed by atoms with Crippen LogP contribution in [0.3, 0.4) is 0 Å². The number of anilines is 3. The number of benzene rings is 3. The minimum Gasteiger partial charge on any atom is -0.383 e. The van der Waals surface area contributed by atoms with Gasteiger partial charge in [-0.25, -0.2) is 0 Å². The highest BCUT2D eigenvalue weighted by Crippen LogP contribution is 2.30. The van der Waals surface area contributed by atoms with Crippen molar-refractivity contribution in [2.45, 2.75) is 0 Å². The van der Waals surface area contributed by atoms with Gasteiger partial charge in [0, 0.05) is 68.5 Å². The van der Waals surface area contributed by atoms with Crippen molar-refractivity contribution < 1.29 is 4.74 Å². The van der Waals surface area contributed by atoms with Crippen molar-refractivity contribution in [3.8, 4) is 17.2 Å². The molecule has 5 rings (SSSR count). The summed E-state index contributed by atoms with van der Waals surface area (Å²) in [5.41, 5.74) is 7.09. The Kier molecular flexibility index (Phi) is 6.89. The molecule has 176 valence electrons. The van der Waals surface area contributed by atoms with E-state index in [0.717, 1.165) is 72.7 Å². The van der Waals surface area contributed by atoms with E-state index in [1.165, 1.54) is 5.69 Å². The molecule has 3 aromatic carbocycles. The van der Waals surface area contributed by atoms with Crippen LogP contribution in [0.1, 0.15) is 5.56 Å². The van der Waals surface area contributed by atoms with Crippen molar-refractivity contribution in [2.24, 2.45) is 0 Å². The summed E-state index contributed by atoms with van der Waals surface area (Å²) >= 11 is 0. The van der Waals surface area contributed by atoms with Gasteiger partial charge in [-0.3, -0.25) is 9.88 Å². The number of hydrogen-bond donors (Lipinski definition) is 1. The molecule has 1 aromatic heterocycles. The third-order valence-electron chi connectivity index (χ3n) is 6.58. The molecular weight excluding hydrogens is 434 g/mol. The molecule has 0 amide bonds. The second-order valence-electron chi connectivity index (χ2n) is 8.77. The maximum atomic E-state index is 9.07. The summed E-state index contributed by atoms with van der Waals surface area (Å²) in [4.78, 5) is 9.44. The van der Waals surface area contributed by atoms with Crippen LogP contribution >= 0.6 is 0 Å². The molecule has 1 saturated heterocycles. The summed E-state index contributed by atoms with van der Waals surface area (Å²) in [6.07, 6.45) is 1.84. The van der Waals surface area contributed by atoms with Crippen molar-refractivity contribution in [3.63, 3.8) is 0 Å². The lowest BCUT2D eigenvalue weighted by molar-refractivity contribution is 0.144. The van der Waals surface area contributed by atoms with E-state index < -0.39 is 0 Å². The van der Waals surface area contributed by atoms with Crippen LogP contribution in [-0.2, 0) is 4.74 Å². The maximum Gasteiger partial charge on any atom is 0.0991 e. The lowest BCUT2D eigenvalue weighted by atomic mass is 10.0. The van der Waals surface area contributed by atoms with Crippen molar-refractivity contribution in [2.75, 3.05) is 56.7 Å². The summed E-state index contributed by atoms with van der Waals surface area (Å²) in [5.74, 6) is 0. The second-order valence-corrected chi connectivity index (χ2v) is 8.77. The summed E-state index contributed by atoms with van der Waals surface area (Å²) in [6, 6.07) is 26.8. The number of fused-ring (bicyclic) bond motifs is 1. The van der Waals surface area contributed by atoms with Crippen LogP contribution in [0.25, 0.3) is 22.0 Å². The van der Waals surface area contributed by atoms with Gasteiger partial charge in [0.25, 0.3) is 0 Å². The third-order valence-corrected chi connectivity index (χ3v) is 6.58. The monoisotopic (exact) mass is 463 g/mol. The Morgan fingerprint density at radius 2 is 1.66 bits per heavy atom. The van der Waals surface area contributed by atoms with E-state index in [9.17, 15) is 0 Å². The fourth-order valence-electron chi connectivity index (χ4n) is 4.53. The Morgan fingerprint density at radius 1 is 0.914 bits per heavy atom. The standard InChI is InChI=1S/C29H29N5O/c1-35-19-18-33-14-16-34(17-15-33)26-9-7-25(8-10-26)32-29-12-13-31-28-11-6-24(20-27(28)29)23-4-2-22(21-30)3-5-23/h2-13,20H,14-19H2,1H3,(H,31,32). The number of piperazine rings is 1. The predicted molar refractivity (Wildman–Crippen MR) is 142 cm³/mol. The van der Waals surface area contributed by atoms with Gasteiger partial charge in [-0.2, -0.15) is 5.26 Å². The minimum atomic E-state index is 0.662. The number of aromatic nitrogens is 1. The first-order valence-corrected chi connectivity index (χ1v) is 12.0. The van der Waals surface area contributed by atoms with E-state index in [2.05, 4.69) is 62.6 Å². The molecule has 1 N–H and O–H groups in total. The summed E-state index contributed by atoms with van der Waals surface area (Å²) in [5, 5.41) is 13.7. The molecule has 2 heterocycles. The molecule has 0 radical (unpaired) electrons. The maximum absolute atomic E-state index is 9.07. The van der Waals surface area contributed by atoms with Gasteiger partial charge < -0.3 is 15.0 Å². The number of rotatable bonds is 7. The first kappa shape index (κ1) is 22.9. The van der Waals surface area contributed by atoms with E-state index in [4.69, 9.17) is 10.00 Å². The third kappa shape index (κ3) is 5.27. The molecule has 0 unspecified atom stereocenters. The van der Waals surface area contributed by atoms with E-state index in [1.807, 2.05) is 42.6 Å². The molecular formula is C29H29N5O. The predicted octanol–water partition coefficient (Wildman–Crippen LogP) is 5.29. The number of methoxy groups -OCH3 is 1. The normalized spacial score (nSPS) is 14.1. The lowest BCUT2D eigenvalue weighted by Gasteiger charge is -2.36. The van der Waals surface area contributed by atoms with Gasteiger partial charge in [0.15, 0.2) is 0 Å². The Labute approximate surface area is 206 Å². The average molecular weight is 464 g/mol. The van der Waals surface area contributed by atoms with Gasteiger partial charge in [0.05, 0.1) is 23.8 Å². The van der Waals surface area contributed by atoms with Crippen molar-refractivity contribution in [3.05, 3.63) is 84.6 Å². The topological polar surface area (TPSA) is 64.4 Å². The second kappa shape index (κ2) is 10.6. The molecule has 0 bridgehead atoms. The SMILES string of the molecule is COCCN1CCN(c2ccc(Nc3ccnc4ccc(-c5ccc(C#N)cc5)cc34)cc2)CC1. The highest BCUT2D eigenvalue weighted by Gasteiger charge is 2.16. The van der Waals surface area contributed by atoms with Crippen LogP contribution in [0.4, 0.5) is 17.1 Å². The van der Waals surface area contributed by atoms with Crippen LogP contribution in [0.15, 0.2) is 79.0 Å². The number of nitrogens with zero attached hydrogens (tertiary/aromatic N) is 4. The Bertz CT molecular complexity index is 1320. The summed E-state index contributed by atoms with van der Waals surface area (Å²) in [7, 11) is 1.76. The zero-order chi connectivity index (χ0) is 24.0. The summed E-state index contributed by atoms with van der Waals surface area (Å²) < 4.78 is 5.21. The van der Waals surface area contributed by atoms with E-state index in [1.54, 1.807) is 7.11 Å². The number of pyridine rings is 1. The molecule has 0 saturated carbocycles. The number of hydrogen-bond acceptors (Lipinski definition) is 6. The van der Waals surface area contributed by atoms with E-state index in [0.29, 0.717) is 5.56 Å². The van der Waals surface area contributed by atoms with Crippen LogP contribution in [-0.4, -0.2) is 56.3 Å². The quantitative estimate of drug-likeness (QED) is 0.402. The molecule has 0 aliphatic carbocycles. The van der Waals surface area contributed by atoms with E-state index >= 15 is 0 Å².